The lowest BCUT2D eigenvalue weighted by atomic mass is 10.0. The van der Waals surface area contributed by atoms with Gasteiger partial charge in [0, 0.05) is 12.0 Å². The zero-order chi connectivity index (χ0) is 21.4. The summed E-state index contributed by atoms with van der Waals surface area (Å²) in [6.07, 6.45) is -0.791. The van der Waals surface area contributed by atoms with Crippen molar-refractivity contribution in [2.75, 3.05) is 24.6 Å². The molecule has 4 nitrogen and oxygen atoms in total. The van der Waals surface area contributed by atoms with E-state index in [2.05, 4.69) is 0 Å². The first kappa shape index (κ1) is 20.7. The molecule has 1 atom stereocenters. The minimum Gasteiger partial charge on any atom is -0.494 e. The van der Waals surface area contributed by atoms with Gasteiger partial charge in [-0.25, -0.2) is 9.48 Å². The molecular weight excluding hydrogens is 393 g/mol. The maximum atomic E-state index is 13.3. The number of benzene rings is 2. The molecule has 7 heteroatoms. The summed E-state index contributed by atoms with van der Waals surface area (Å²) in [5.41, 5.74) is -0.829. The molecule has 0 amide bonds. The average Bonchev–Trinajstić information content (AvgIpc) is 2.87. The van der Waals surface area contributed by atoms with Gasteiger partial charge in [0.2, 0.25) is 0 Å². The zero-order valence-corrected chi connectivity index (χ0v) is 17.0. The van der Waals surface area contributed by atoms with Crippen LogP contribution in [0.5, 0.6) is 5.75 Å². The Hall–Kier alpha value is -2.54. The molecule has 2 aromatic carbocycles. The van der Waals surface area contributed by atoms with Crippen LogP contribution in [0.15, 0.2) is 48.5 Å². The Morgan fingerprint density at radius 2 is 1.87 bits per heavy atom. The Morgan fingerprint density at radius 3 is 2.57 bits per heavy atom. The van der Waals surface area contributed by atoms with Crippen LogP contribution in [-0.4, -0.2) is 35.2 Å². The van der Waals surface area contributed by atoms with Crippen LogP contribution in [-0.2, 0) is 11.9 Å². The van der Waals surface area contributed by atoms with Crippen molar-refractivity contribution in [2.24, 2.45) is 0 Å². The van der Waals surface area contributed by atoms with E-state index in [1.165, 1.54) is 12.1 Å². The molecule has 0 unspecified atom stereocenters. The fraction of sp³-hybridized carbons (Fsp3) is 0.435. The topological polar surface area (TPSA) is 35.7 Å². The number of alkyl halides is 3. The van der Waals surface area contributed by atoms with Crippen LogP contribution in [0.4, 0.5) is 18.9 Å². The van der Waals surface area contributed by atoms with Gasteiger partial charge in [-0.15, -0.1) is 0 Å². The number of β-amino-alcohol motifs (C(OH)–C–C–N with tert-alkyl or cyclic N) is 1. The van der Waals surface area contributed by atoms with E-state index >= 15 is 0 Å². The second kappa shape index (κ2) is 7.95. The maximum Gasteiger partial charge on any atom is 0.416 e. The van der Waals surface area contributed by atoms with Crippen molar-refractivity contribution >= 4 is 11.5 Å². The summed E-state index contributed by atoms with van der Waals surface area (Å²) in [4.78, 5) is 1.84. The molecular formula is C23H26F3N2O2+. The third-order valence-electron chi connectivity index (χ3n) is 5.84. The number of aliphatic hydroxyl groups is 1. The zero-order valence-electron chi connectivity index (χ0n) is 17.0. The summed E-state index contributed by atoms with van der Waals surface area (Å²) >= 11 is 0. The van der Waals surface area contributed by atoms with Gasteiger partial charge in [0.1, 0.15) is 11.4 Å². The van der Waals surface area contributed by atoms with Crippen LogP contribution >= 0.6 is 0 Å². The van der Waals surface area contributed by atoms with Gasteiger partial charge in [0.25, 0.3) is 11.6 Å². The minimum atomic E-state index is -4.41. The Morgan fingerprint density at radius 1 is 1.10 bits per heavy atom. The molecule has 2 heterocycles. The summed E-state index contributed by atoms with van der Waals surface area (Å²) in [5, 5.41) is 11.8. The normalized spacial score (nSPS) is 22.1. The second-order valence-electron chi connectivity index (χ2n) is 7.79. The smallest absolute Gasteiger partial charge is 0.416 e. The molecule has 160 valence electrons. The molecule has 2 aromatic rings. The average molecular weight is 419 g/mol. The summed E-state index contributed by atoms with van der Waals surface area (Å²) in [7, 11) is 0. The largest absolute Gasteiger partial charge is 0.494 e. The number of hydrogen-bond donors (Lipinski definition) is 1. The van der Waals surface area contributed by atoms with E-state index < -0.39 is 17.5 Å². The van der Waals surface area contributed by atoms with Crippen molar-refractivity contribution in [3.63, 3.8) is 0 Å². The summed E-state index contributed by atoms with van der Waals surface area (Å²) < 4.78 is 47.3. The van der Waals surface area contributed by atoms with Gasteiger partial charge in [-0.1, -0.05) is 6.07 Å². The van der Waals surface area contributed by atoms with E-state index in [-0.39, 0.29) is 6.54 Å². The van der Waals surface area contributed by atoms with Crippen molar-refractivity contribution in [3.8, 4) is 5.75 Å². The lowest BCUT2D eigenvalue weighted by molar-refractivity contribution is -0.658. The number of ether oxygens (including phenoxy) is 1. The number of halogens is 3. The summed E-state index contributed by atoms with van der Waals surface area (Å²) in [5.74, 6) is 1.60. The predicted octanol–water partition coefficient (Wildman–Crippen LogP) is 4.75. The fourth-order valence-electron chi connectivity index (χ4n) is 4.39. The van der Waals surface area contributed by atoms with Gasteiger partial charge >= 0.3 is 6.18 Å². The van der Waals surface area contributed by atoms with Gasteiger partial charge in [-0.3, -0.25) is 0 Å². The first-order valence-corrected chi connectivity index (χ1v) is 10.4. The molecule has 0 saturated heterocycles. The van der Waals surface area contributed by atoms with Gasteiger partial charge in [-0.05, 0) is 68.7 Å². The molecule has 4 rings (SSSR count). The Labute approximate surface area is 174 Å². The Bertz CT molecular complexity index is 940. The van der Waals surface area contributed by atoms with E-state index in [1.807, 2.05) is 40.7 Å². The molecule has 0 aromatic heterocycles. The fourth-order valence-corrected chi connectivity index (χ4v) is 4.39. The van der Waals surface area contributed by atoms with Crippen LogP contribution < -0.4 is 9.64 Å². The van der Waals surface area contributed by atoms with E-state index in [0.717, 1.165) is 43.3 Å². The molecule has 0 saturated carbocycles. The van der Waals surface area contributed by atoms with Crippen molar-refractivity contribution < 1.29 is 27.6 Å². The number of nitrogens with zero attached hydrogens (tertiary/aromatic N) is 2. The SMILES string of the molecule is CCOc1ccc([C@@]2(O)CN(c3cccc(C(F)(F)F)c3)C3=[N+]2CCCCC3)cc1. The molecule has 30 heavy (non-hydrogen) atoms. The maximum absolute atomic E-state index is 13.3. The second-order valence-corrected chi connectivity index (χ2v) is 7.79. The first-order chi connectivity index (χ1) is 14.3. The van der Waals surface area contributed by atoms with E-state index in [0.29, 0.717) is 24.4 Å². The quantitative estimate of drug-likeness (QED) is 0.727. The van der Waals surface area contributed by atoms with Gasteiger partial charge in [0.05, 0.1) is 18.7 Å². The van der Waals surface area contributed by atoms with E-state index in [4.69, 9.17) is 4.74 Å². The van der Waals surface area contributed by atoms with Crippen molar-refractivity contribution in [1.29, 1.82) is 0 Å². The summed E-state index contributed by atoms with van der Waals surface area (Å²) in [6, 6.07) is 12.7. The minimum absolute atomic E-state index is 0.178. The monoisotopic (exact) mass is 419 g/mol. The standard InChI is InChI=1S/C23H26F3N2O2/c1-2-30-20-12-10-17(11-13-20)22(29)16-27(21-9-4-3-5-14-28(21)22)19-8-6-7-18(15-19)23(24,25)26/h6-8,10-13,15,29H,2-5,9,14,16H2,1H3/q+1/t22-/m0/s1. The number of rotatable bonds is 4. The van der Waals surface area contributed by atoms with Crippen molar-refractivity contribution in [3.05, 3.63) is 59.7 Å². The first-order valence-electron chi connectivity index (χ1n) is 10.4. The highest BCUT2D eigenvalue weighted by atomic mass is 19.4. The van der Waals surface area contributed by atoms with Gasteiger partial charge < -0.3 is 9.84 Å². The van der Waals surface area contributed by atoms with Crippen LogP contribution in [0.2, 0.25) is 0 Å². The highest BCUT2D eigenvalue weighted by Gasteiger charge is 2.52. The molecule has 0 fully saturated rings. The van der Waals surface area contributed by atoms with E-state index in [1.54, 1.807) is 6.07 Å². The predicted molar refractivity (Wildman–Crippen MR) is 109 cm³/mol. The van der Waals surface area contributed by atoms with Crippen molar-refractivity contribution in [1.82, 2.24) is 0 Å². The highest BCUT2D eigenvalue weighted by Crippen LogP contribution is 2.38. The lowest BCUT2D eigenvalue weighted by Gasteiger charge is -2.24. The van der Waals surface area contributed by atoms with E-state index in [9.17, 15) is 18.3 Å². The molecule has 0 aliphatic carbocycles. The molecule has 0 radical (unpaired) electrons. The molecule has 2 aliphatic rings. The Kier molecular flexibility index (Phi) is 5.49. The number of amidine groups is 1. The lowest BCUT2D eigenvalue weighted by Crippen LogP contribution is -2.41. The molecule has 0 bridgehead atoms. The van der Waals surface area contributed by atoms with Crippen molar-refractivity contribution in [2.45, 2.75) is 44.5 Å². The third-order valence-corrected chi connectivity index (χ3v) is 5.84. The van der Waals surface area contributed by atoms with Gasteiger partial charge in [0.15, 0.2) is 6.54 Å². The number of hydrogen-bond acceptors (Lipinski definition) is 3. The van der Waals surface area contributed by atoms with Crippen LogP contribution in [0, 0.1) is 0 Å². The number of anilines is 1. The highest BCUT2D eigenvalue weighted by molar-refractivity contribution is 5.96. The van der Waals surface area contributed by atoms with Crippen LogP contribution in [0.3, 0.4) is 0 Å². The molecule has 2 aliphatic heterocycles. The van der Waals surface area contributed by atoms with Crippen LogP contribution in [0.1, 0.15) is 43.7 Å². The third kappa shape index (κ3) is 3.78. The Balaban J connectivity index is 1.75. The van der Waals surface area contributed by atoms with Gasteiger partial charge in [-0.2, -0.15) is 13.2 Å². The molecule has 0 spiro atoms. The van der Waals surface area contributed by atoms with Crippen LogP contribution in [0.25, 0.3) is 0 Å². The molecule has 1 N–H and O–H groups in total. The summed E-state index contributed by atoms with van der Waals surface area (Å²) in [6.45, 7) is 3.30.